The van der Waals surface area contributed by atoms with E-state index in [1.54, 1.807) is 6.08 Å². The van der Waals surface area contributed by atoms with Crippen LogP contribution < -0.4 is 10.2 Å². The van der Waals surface area contributed by atoms with Gasteiger partial charge in [0, 0.05) is 57.3 Å². The van der Waals surface area contributed by atoms with Gasteiger partial charge in [-0.05, 0) is 36.6 Å². The highest BCUT2D eigenvalue weighted by Crippen LogP contribution is 2.30. The van der Waals surface area contributed by atoms with Gasteiger partial charge in [0.2, 0.25) is 17.7 Å². The average molecular weight is 623 g/mol. The van der Waals surface area contributed by atoms with Gasteiger partial charge in [0.15, 0.2) is 0 Å². The topological polar surface area (TPSA) is 108 Å². The highest BCUT2D eigenvalue weighted by Gasteiger charge is 2.39. The molecule has 0 aliphatic carbocycles. The molecule has 236 valence electrons. The zero-order chi connectivity index (χ0) is 32.1. The molecule has 45 heavy (non-hydrogen) atoms. The van der Waals surface area contributed by atoms with Gasteiger partial charge in [0.05, 0.1) is 6.42 Å². The number of piperazine rings is 1. The van der Waals surface area contributed by atoms with Crippen molar-refractivity contribution in [3.05, 3.63) is 76.5 Å². The number of nitrogens with zero attached hydrogens (tertiary/aromatic N) is 5. The van der Waals surface area contributed by atoms with Gasteiger partial charge in [-0.25, -0.2) is 9.97 Å². The molecule has 0 spiro atoms. The molecular formula is C32H33F3N6O4. The van der Waals surface area contributed by atoms with Crippen LogP contribution in [0.25, 0.3) is 0 Å². The van der Waals surface area contributed by atoms with E-state index in [4.69, 9.17) is 11.2 Å². The Labute approximate surface area is 258 Å². The number of allylic oxidation sites excluding steroid dienone is 2. The van der Waals surface area contributed by atoms with E-state index < -0.39 is 23.8 Å². The normalized spacial score (nSPS) is 20.9. The Balaban J connectivity index is 1.16. The summed E-state index contributed by atoms with van der Waals surface area (Å²) >= 11 is 0. The van der Waals surface area contributed by atoms with Crippen LogP contribution in [0.1, 0.15) is 41.9 Å². The molecule has 0 bridgehead atoms. The van der Waals surface area contributed by atoms with Gasteiger partial charge in [0.25, 0.3) is 0 Å². The lowest BCUT2D eigenvalue weighted by atomic mass is 10.0. The average Bonchev–Trinajstić information content (AvgIpc) is 3.38. The maximum atomic E-state index is 13.2. The minimum atomic E-state index is -4.52. The maximum Gasteiger partial charge on any atom is 0.433 e. The van der Waals surface area contributed by atoms with Crippen LogP contribution in [0.2, 0.25) is 0 Å². The van der Waals surface area contributed by atoms with Crippen molar-refractivity contribution in [3.63, 3.8) is 0 Å². The van der Waals surface area contributed by atoms with Crippen molar-refractivity contribution in [1.82, 2.24) is 25.1 Å². The monoisotopic (exact) mass is 622 g/mol. The highest BCUT2D eigenvalue weighted by molar-refractivity contribution is 6.02. The van der Waals surface area contributed by atoms with Crippen LogP contribution in [0.15, 0.2) is 53.8 Å². The number of benzene rings is 1. The predicted octanol–water partition coefficient (Wildman–Crippen LogP) is 3.12. The number of amides is 3. The lowest BCUT2D eigenvalue weighted by Crippen LogP contribution is -2.52. The van der Waals surface area contributed by atoms with Gasteiger partial charge < -0.3 is 14.5 Å². The summed E-state index contributed by atoms with van der Waals surface area (Å²) in [6.07, 6.45) is 4.58. The molecule has 3 saturated heterocycles. The second-order valence-corrected chi connectivity index (χ2v) is 11.2. The number of terminal acetylenes is 1. The first-order valence-electron chi connectivity index (χ1n) is 14.6. The quantitative estimate of drug-likeness (QED) is 0.272. The van der Waals surface area contributed by atoms with Crippen LogP contribution in [0.5, 0.6) is 0 Å². The largest absolute Gasteiger partial charge is 0.489 e. The zero-order valence-electron chi connectivity index (χ0n) is 24.8. The second-order valence-electron chi connectivity index (χ2n) is 11.2. The number of aromatic nitrogens is 2. The molecule has 10 nitrogen and oxygen atoms in total. The molecule has 3 fully saturated rings. The molecule has 2 aromatic rings. The van der Waals surface area contributed by atoms with Gasteiger partial charge >= 0.3 is 6.18 Å². The van der Waals surface area contributed by atoms with Gasteiger partial charge in [-0.2, -0.15) is 13.2 Å². The summed E-state index contributed by atoms with van der Waals surface area (Å²) in [5, 5.41) is 2.30. The van der Waals surface area contributed by atoms with E-state index in [0.29, 0.717) is 44.1 Å². The summed E-state index contributed by atoms with van der Waals surface area (Å²) in [4.78, 5) is 49.9. The van der Waals surface area contributed by atoms with E-state index in [1.165, 1.54) is 17.9 Å². The van der Waals surface area contributed by atoms with Gasteiger partial charge in [-0.15, -0.1) is 6.42 Å². The third-order valence-electron chi connectivity index (χ3n) is 7.95. The summed E-state index contributed by atoms with van der Waals surface area (Å²) < 4.78 is 45.7. The molecule has 0 radical (unpaired) electrons. The minimum absolute atomic E-state index is 0.0904. The summed E-state index contributed by atoms with van der Waals surface area (Å²) in [6, 6.07) is 8.23. The Morgan fingerprint density at radius 2 is 1.82 bits per heavy atom. The number of carbonyl (C=O) groups is 3. The lowest BCUT2D eigenvalue weighted by molar-refractivity contribution is -0.143. The molecule has 3 aliphatic rings. The fourth-order valence-electron chi connectivity index (χ4n) is 5.61. The number of likely N-dealkylation sites (tertiary alicyclic amines) is 1. The first-order valence-corrected chi connectivity index (χ1v) is 14.6. The fourth-order valence-corrected chi connectivity index (χ4v) is 5.61. The number of carbonyl (C=O) groups excluding carboxylic acids is 3. The van der Waals surface area contributed by atoms with Crippen molar-refractivity contribution >= 4 is 23.5 Å². The summed E-state index contributed by atoms with van der Waals surface area (Å²) in [5.41, 5.74) is 1.76. The fraction of sp³-hybridized carbons (Fsp3) is 0.406. The SMILES string of the molecule is C#C/C=C\C(OCc1ccc(CN2CCN(c3cc(C(F)(F)F)nc(C)n3)CC2)cc1)=C1/CC(=O)N(C2CCC(=O)NC2=O)C1. The standard InChI is InChI=1S/C32H33F3N6O4/c1-3-4-5-26(24-16-30(43)41(19-24)25-10-11-29(42)38-31(25)44)45-20-23-8-6-22(7-9-23)18-39-12-14-40(15-13-39)28-17-27(32(33,34)35)36-21(2)37-28/h1,4-9,17,25H,10-16,18-20H2,2H3,(H,38,42,44)/b5-4-,26-24-. The summed E-state index contributed by atoms with van der Waals surface area (Å²) in [6.45, 7) is 5.02. The summed E-state index contributed by atoms with van der Waals surface area (Å²) in [5.74, 6) is 2.26. The molecule has 1 atom stereocenters. The van der Waals surface area contributed by atoms with Crippen molar-refractivity contribution in [1.29, 1.82) is 0 Å². The number of alkyl halides is 3. The lowest BCUT2D eigenvalue weighted by Gasteiger charge is -2.35. The van der Waals surface area contributed by atoms with Crippen molar-refractivity contribution in [2.75, 3.05) is 37.6 Å². The van der Waals surface area contributed by atoms with E-state index in [1.807, 2.05) is 29.2 Å². The first kappa shape index (κ1) is 31.7. The van der Waals surface area contributed by atoms with Crippen LogP contribution in [0.4, 0.5) is 19.0 Å². The molecular weight excluding hydrogens is 589 g/mol. The highest BCUT2D eigenvalue weighted by atomic mass is 19.4. The Hall–Kier alpha value is -4.70. The number of halogens is 3. The molecule has 1 unspecified atom stereocenters. The van der Waals surface area contributed by atoms with Crippen molar-refractivity contribution < 1.29 is 32.3 Å². The Morgan fingerprint density at radius 1 is 1.11 bits per heavy atom. The van der Waals surface area contributed by atoms with E-state index in [0.717, 1.165) is 17.2 Å². The molecule has 0 saturated carbocycles. The van der Waals surface area contributed by atoms with Gasteiger partial charge in [0.1, 0.15) is 35.7 Å². The Morgan fingerprint density at radius 3 is 2.49 bits per heavy atom. The predicted molar refractivity (Wildman–Crippen MR) is 158 cm³/mol. The molecule has 5 rings (SSSR count). The number of ether oxygens (including phenoxy) is 1. The van der Waals surface area contributed by atoms with E-state index >= 15 is 0 Å². The molecule has 3 aliphatic heterocycles. The van der Waals surface area contributed by atoms with Crippen molar-refractivity contribution in [2.24, 2.45) is 0 Å². The first-order chi connectivity index (χ1) is 21.5. The van der Waals surface area contributed by atoms with Crippen molar-refractivity contribution in [3.8, 4) is 12.3 Å². The van der Waals surface area contributed by atoms with Gasteiger partial charge in [-0.1, -0.05) is 30.2 Å². The smallest absolute Gasteiger partial charge is 0.433 e. The Kier molecular flexibility index (Phi) is 9.53. The number of rotatable bonds is 8. The van der Waals surface area contributed by atoms with E-state index in [-0.39, 0.29) is 55.9 Å². The van der Waals surface area contributed by atoms with Crippen LogP contribution in [-0.4, -0.2) is 76.3 Å². The minimum Gasteiger partial charge on any atom is -0.489 e. The van der Waals surface area contributed by atoms with Crippen LogP contribution in [0.3, 0.4) is 0 Å². The van der Waals surface area contributed by atoms with Crippen LogP contribution >= 0.6 is 0 Å². The number of nitrogens with one attached hydrogen (secondary N) is 1. The van der Waals surface area contributed by atoms with Gasteiger partial charge in [-0.3, -0.25) is 24.6 Å². The molecule has 13 heteroatoms. The third-order valence-corrected chi connectivity index (χ3v) is 7.95. The van der Waals surface area contributed by atoms with Crippen molar-refractivity contribution in [2.45, 2.75) is 51.6 Å². The van der Waals surface area contributed by atoms with Crippen LogP contribution in [-0.2, 0) is 38.4 Å². The Bertz CT molecular complexity index is 1560. The maximum absolute atomic E-state index is 13.2. The second kappa shape index (κ2) is 13.5. The third kappa shape index (κ3) is 7.88. The molecule has 1 aromatic carbocycles. The van der Waals surface area contributed by atoms with Crippen LogP contribution in [0, 0.1) is 19.3 Å². The molecule has 1 N–H and O–H groups in total. The number of anilines is 1. The molecule has 1 aromatic heterocycles. The number of hydrogen-bond acceptors (Lipinski definition) is 8. The number of piperidine rings is 1. The zero-order valence-corrected chi connectivity index (χ0v) is 24.8. The number of aryl methyl sites for hydroxylation is 1. The number of imide groups is 1. The summed E-state index contributed by atoms with van der Waals surface area (Å²) in [7, 11) is 0. The molecule has 3 amide bonds. The number of hydrogen-bond donors (Lipinski definition) is 1. The van der Waals surface area contributed by atoms with E-state index in [9.17, 15) is 27.6 Å². The molecule has 4 heterocycles. The van der Waals surface area contributed by atoms with E-state index in [2.05, 4.69) is 26.1 Å².